The molecule has 1 fully saturated rings. The molecule has 1 heterocycles. The molecule has 0 spiro atoms. The lowest BCUT2D eigenvalue weighted by atomic mass is 10.2. The Morgan fingerprint density at radius 2 is 2.09 bits per heavy atom. The van der Waals surface area contributed by atoms with Gasteiger partial charge >= 0.3 is 0 Å². The molecule has 5 nitrogen and oxygen atoms in total. The van der Waals surface area contributed by atoms with Crippen LogP contribution in [0, 0.1) is 0 Å². The summed E-state index contributed by atoms with van der Waals surface area (Å²) in [6.07, 6.45) is 3.98. The highest BCUT2D eigenvalue weighted by atomic mass is 35.5. The van der Waals surface area contributed by atoms with E-state index in [1.54, 1.807) is 37.6 Å². The molecule has 1 saturated carbocycles. The summed E-state index contributed by atoms with van der Waals surface area (Å²) in [5, 5.41) is 6.56. The molecule has 0 unspecified atom stereocenters. The summed E-state index contributed by atoms with van der Waals surface area (Å²) >= 11 is 6.05. The predicted octanol–water partition coefficient (Wildman–Crippen LogP) is 3.57. The van der Waals surface area contributed by atoms with Crippen molar-refractivity contribution in [2.45, 2.75) is 18.9 Å². The van der Waals surface area contributed by atoms with Crippen LogP contribution in [0.15, 0.2) is 36.5 Å². The van der Waals surface area contributed by atoms with Crippen LogP contribution in [0.1, 0.15) is 23.3 Å². The molecule has 114 valence electrons. The zero-order valence-electron chi connectivity index (χ0n) is 12.1. The summed E-state index contributed by atoms with van der Waals surface area (Å²) in [4.78, 5) is 16.4. The molecule has 0 radical (unpaired) electrons. The van der Waals surface area contributed by atoms with Gasteiger partial charge in [-0.3, -0.25) is 9.78 Å². The van der Waals surface area contributed by atoms with E-state index in [4.69, 9.17) is 16.3 Å². The largest absolute Gasteiger partial charge is 0.495 e. The molecule has 1 aromatic carbocycles. The molecular weight excluding hydrogens is 302 g/mol. The van der Waals surface area contributed by atoms with Crippen LogP contribution in [0.4, 0.5) is 11.4 Å². The molecule has 22 heavy (non-hydrogen) atoms. The molecule has 6 heteroatoms. The molecule has 1 aromatic heterocycles. The maximum absolute atomic E-state index is 12.3. The van der Waals surface area contributed by atoms with Gasteiger partial charge in [0.15, 0.2) is 0 Å². The fraction of sp³-hybridized carbons (Fsp3) is 0.250. The van der Waals surface area contributed by atoms with Crippen molar-refractivity contribution in [3.8, 4) is 5.75 Å². The van der Waals surface area contributed by atoms with E-state index in [-0.39, 0.29) is 5.91 Å². The van der Waals surface area contributed by atoms with Crippen LogP contribution in [0.2, 0.25) is 5.02 Å². The summed E-state index contributed by atoms with van der Waals surface area (Å²) < 4.78 is 5.08. The molecule has 0 atom stereocenters. The van der Waals surface area contributed by atoms with Crippen molar-refractivity contribution in [3.63, 3.8) is 0 Å². The molecule has 1 aliphatic carbocycles. The summed E-state index contributed by atoms with van der Waals surface area (Å²) in [5.41, 5.74) is 1.87. The van der Waals surface area contributed by atoms with Gasteiger partial charge in [0.05, 0.1) is 12.1 Å². The van der Waals surface area contributed by atoms with Gasteiger partial charge in [0, 0.05) is 23.6 Å². The first-order valence-corrected chi connectivity index (χ1v) is 7.41. The van der Waals surface area contributed by atoms with Crippen LogP contribution in [0.5, 0.6) is 5.75 Å². The smallest absolute Gasteiger partial charge is 0.274 e. The number of pyridine rings is 1. The molecule has 1 aliphatic rings. The number of anilines is 2. The number of hydrogen-bond donors (Lipinski definition) is 2. The minimum atomic E-state index is -0.277. The van der Waals surface area contributed by atoms with Crippen molar-refractivity contribution in [3.05, 3.63) is 47.2 Å². The number of aromatic nitrogens is 1. The highest BCUT2D eigenvalue weighted by molar-refractivity contribution is 6.32. The Labute approximate surface area is 133 Å². The quantitative estimate of drug-likeness (QED) is 0.885. The van der Waals surface area contributed by atoms with E-state index in [2.05, 4.69) is 15.6 Å². The average Bonchev–Trinajstić information content (AvgIpc) is 3.32. The summed E-state index contributed by atoms with van der Waals surface area (Å²) in [7, 11) is 1.54. The van der Waals surface area contributed by atoms with Crippen LogP contribution >= 0.6 is 11.6 Å². The van der Waals surface area contributed by atoms with E-state index >= 15 is 0 Å². The van der Waals surface area contributed by atoms with Crippen LogP contribution < -0.4 is 15.4 Å². The molecular formula is C16H16ClN3O2. The number of carbonyl (C=O) groups excluding carboxylic acids is 1. The summed E-state index contributed by atoms with van der Waals surface area (Å²) in [5.74, 6) is 0.286. The SMILES string of the molecule is COc1ccc(NC(=O)c2cc(NC3CC3)ccn2)cc1Cl. The first-order chi connectivity index (χ1) is 10.7. The third-order valence-electron chi connectivity index (χ3n) is 3.35. The highest BCUT2D eigenvalue weighted by Crippen LogP contribution is 2.28. The van der Waals surface area contributed by atoms with E-state index < -0.39 is 0 Å². The number of halogens is 1. The number of rotatable bonds is 5. The Morgan fingerprint density at radius 3 is 2.77 bits per heavy atom. The zero-order chi connectivity index (χ0) is 15.5. The third-order valence-corrected chi connectivity index (χ3v) is 3.65. The van der Waals surface area contributed by atoms with Gasteiger partial charge in [-0.25, -0.2) is 0 Å². The maximum Gasteiger partial charge on any atom is 0.274 e. The van der Waals surface area contributed by atoms with Gasteiger partial charge in [-0.05, 0) is 43.2 Å². The third kappa shape index (κ3) is 3.49. The first kappa shape index (κ1) is 14.7. The van der Waals surface area contributed by atoms with Crippen LogP contribution in [-0.2, 0) is 0 Å². The predicted molar refractivity (Wildman–Crippen MR) is 86.8 cm³/mol. The first-order valence-electron chi connectivity index (χ1n) is 7.03. The molecule has 0 bridgehead atoms. The van der Waals surface area contributed by atoms with Crippen LogP contribution in [0.3, 0.4) is 0 Å². The number of carbonyl (C=O) groups is 1. The molecule has 2 aromatic rings. The van der Waals surface area contributed by atoms with Crippen molar-refractivity contribution in [1.82, 2.24) is 4.98 Å². The van der Waals surface area contributed by atoms with Gasteiger partial charge in [-0.2, -0.15) is 0 Å². The Balaban J connectivity index is 1.72. The summed E-state index contributed by atoms with van der Waals surface area (Å²) in [6, 6.07) is 9.22. The van der Waals surface area contributed by atoms with Crippen molar-refractivity contribution >= 4 is 28.9 Å². The van der Waals surface area contributed by atoms with Crippen molar-refractivity contribution in [1.29, 1.82) is 0 Å². The number of amides is 1. The second-order valence-corrected chi connectivity index (χ2v) is 5.56. The minimum Gasteiger partial charge on any atom is -0.495 e. The van der Waals surface area contributed by atoms with Gasteiger partial charge < -0.3 is 15.4 Å². The van der Waals surface area contributed by atoms with E-state index in [9.17, 15) is 4.79 Å². The monoisotopic (exact) mass is 317 g/mol. The number of nitrogens with zero attached hydrogens (tertiary/aromatic N) is 1. The topological polar surface area (TPSA) is 63.2 Å². The van der Waals surface area contributed by atoms with E-state index in [0.717, 1.165) is 5.69 Å². The lowest BCUT2D eigenvalue weighted by Crippen LogP contribution is -2.14. The Kier molecular flexibility index (Phi) is 4.15. The maximum atomic E-state index is 12.3. The van der Waals surface area contributed by atoms with Gasteiger partial charge in [0.1, 0.15) is 11.4 Å². The molecule has 3 rings (SSSR count). The minimum absolute atomic E-state index is 0.277. The fourth-order valence-electron chi connectivity index (χ4n) is 2.05. The molecule has 0 aliphatic heterocycles. The lowest BCUT2D eigenvalue weighted by molar-refractivity contribution is 0.102. The van der Waals surface area contributed by atoms with Crippen LogP contribution in [-0.4, -0.2) is 24.0 Å². The fourth-order valence-corrected chi connectivity index (χ4v) is 2.30. The molecule has 0 saturated heterocycles. The number of ether oxygens (including phenoxy) is 1. The van der Waals surface area contributed by atoms with Crippen molar-refractivity contribution < 1.29 is 9.53 Å². The number of nitrogens with one attached hydrogen (secondary N) is 2. The number of methoxy groups -OCH3 is 1. The Hall–Kier alpha value is -2.27. The zero-order valence-corrected chi connectivity index (χ0v) is 12.9. The van der Waals surface area contributed by atoms with Crippen LogP contribution in [0.25, 0.3) is 0 Å². The second-order valence-electron chi connectivity index (χ2n) is 5.15. The van der Waals surface area contributed by atoms with E-state index in [1.165, 1.54) is 12.8 Å². The average molecular weight is 318 g/mol. The molecule has 2 N–H and O–H groups in total. The summed E-state index contributed by atoms with van der Waals surface area (Å²) in [6.45, 7) is 0. The van der Waals surface area contributed by atoms with Gasteiger partial charge in [0.2, 0.25) is 0 Å². The van der Waals surface area contributed by atoms with E-state index in [1.807, 2.05) is 6.07 Å². The Bertz CT molecular complexity index is 702. The second kappa shape index (κ2) is 6.23. The number of hydrogen-bond acceptors (Lipinski definition) is 4. The van der Waals surface area contributed by atoms with E-state index in [0.29, 0.717) is 28.2 Å². The lowest BCUT2D eigenvalue weighted by Gasteiger charge is -2.09. The number of benzene rings is 1. The Morgan fingerprint density at radius 1 is 1.27 bits per heavy atom. The van der Waals surface area contributed by atoms with Gasteiger partial charge in [0.25, 0.3) is 5.91 Å². The van der Waals surface area contributed by atoms with Crippen molar-refractivity contribution in [2.24, 2.45) is 0 Å². The highest BCUT2D eigenvalue weighted by Gasteiger charge is 2.21. The molecule has 1 amide bonds. The normalized spacial score (nSPS) is 13.5. The van der Waals surface area contributed by atoms with Gasteiger partial charge in [-0.15, -0.1) is 0 Å². The standard InChI is InChI=1S/C16H16ClN3O2/c1-22-15-5-4-11(8-13(15)17)20-16(21)14-9-12(6-7-18-14)19-10-2-3-10/h4-10H,2-3H2,1H3,(H,18,19)(H,20,21). The van der Waals surface area contributed by atoms with Crippen molar-refractivity contribution in [2.75, 3.05) is 17.7 Å². The van der Waals surface area contributed by atoms with Gasteiger partial charge in [-0.1, -0.05) is 11.6 Å².